The van der Waals surface area contributed by atoms with Crippen molar-refractivity contribution >= 4 is 34.5 Å². The van der Waals surface area contributed by atoms with Gasteiger partial charge < -0.3 is 11.1 Å². The van der Waals surface area contributed by atoms with Gasteiger partial charge in [0.2, 0.25) is 0 Å². The molecule has 0 fully saturated rings. The van der Waals surface area contributed by atoms with Gasteiger partial charge in [-0.05, 0) is 23.9 Å². The molecule has 1 amide bonds. The van der Waals surface area contributed by atoms with Crippen molar-refractivity contribution in [2.75, 3.05) is 5.73 Å². The number of nitrogens with two attached hydrogens (primary N) is 1. The number of halogens is 1. The molecule has 0 aliphatic carbocycles. The van der Waals surface area contributed by atoms with Crippen LogP contribution >= 0.6 is 22.9 Å². The fraction of sp³-hybridized carbons (Fsp3) is 0.286. The van der Waals surface area contributed by atoms with Gasteiger partial charge in [-0.15, -0.1) is 11.3 Å². The van der Waals surface area contributed by atoms with Crippen LogP contribution in [0.15, 0.2) is 29.8 Å². The van der Waals surface area contributed by atoms with Crippen LogP contribution in [0.3, 0.4) is 0 Å². The highest BCUT2D eigenvalue weighted by molar-refractivity contribution is 7.10. The molecule has 3 N–H and O–H groups in total. The quantitative estimate of drug-likeness (QED) is 0.828. The van der Waals surface area contributed by atoms with E-state index in [9.17, 15) is 4.79 Å². The Morgan fingerprint density at radius 1 is 1.60 bits per heavy atom. The fourth-order valence-electron chi connectivity index (χ4n) is 1.94. The van der Waals surface area contributed by atoms with Crippen molar-refractivity contribution in [1.82, 2.24) is 10.3 Å². The number of nitrogens with one attached hydrogen (secondary N) is 1. The van der Waals surface area contributed by atoms with Gasteiger partial charge in [-0.25, -0.2) is 4.98 Å². The summed E-state index contributed by atoms with van der Waals surface area (Å²) in [5.41, 5.74) is 6.47. The Bertz CT molecular complexity index is 586. The van der Waals surface area contributed by atoms with Crippen molar-refractivity contribution in [3.8, 4) is 0 Å². The summed E-state index contributed by atoms with van der Waals surface area (Å²) in [6.45, 7) is 2.09. The molecule has 2 rings (SSSR count). The number of hydrogen-bond donors (Lipinski definition) is 2. The summed E-state index contributed by atoms with van der Waals surface area (Å²) in [5.74, 6) is -0.223. The van der Waals surface area contributed by atoms with E-state index in [0.29, 0.717) is 11.3 Å². The zero-order valence-corrected chi connectivity index (χ0v) is 12.7. The number of nitrogens with zero attached hydrogens (tertiary/aromatic N) is 1. The van der Waals surface area contributed by atoms with E-state index in [4.69, 9.17) is 17.3 Å². The van der Waals surface area contributed by atoms with Crippen molar-refractivity contribution in [2.45, 2.75) is 25.8 Å². The maximum Gasteiger partial charge on any atom is 0.254 e. The van der Waals surface area contributed by atoms with Crippen LogP contribution in [0, 0.1) is 0 Å². The molecule has 0 saturated heterocycles. The normalized spacial score (nSPS) is 12.1. The minimum Gasteiger partial charge on any atom is -0.397 e. The molecule has 0 aliphatic rings. The van der Waals surface area contributed by atoms with E-state index in [2.05, 4.69) is 17.2 Å². The molecule has 106 valence electrons. The predicted molar refractivity (Wildman–Crippen MR) is 83.1 cm³/mol. The second kappa shape index (κ2) is 6.72. The number of pyridine rings is 1. The number of rotatable bonds is 5. The molecule has 2 aromatic heterocycles. The zero-order valence-electron chi connectivity index (χ0n) is 11.1. The summed E-state index contributed by atoms with van der Waals surface area (Å²) in [4.78, 5) is 17.3. The third-order valence-corrected chi connectivity index (χ3v) is 4.11. The van der Waals surface area contributed by atoms with Gasteiger partial charge >= 0.3 is 0 Å². The first kappa shape index (κ1) is 14.8. The first-order valence-corrected chi connectivity index (χ1v) is 7.63. The molecule has 0 aromatic carbocycles. The van der Waals surface area contributed by atoms with Gasteiger partial charge in [0.15, 0.2) is 0 Å². The fourth-order valence-corrected chi connectivity index (χ4v) is 2.91. The lowest BCUT2D eigenvalue weighted by molar-refractivity contribution is 0.0936. The number of anilines is 1. The molecule has 6 heteroatoms. The van der Waals surface area contributed by atoms with Gasteiger partial charge in [-0.3, -0.25) is 4.79 Å². The number of thiophene rings is 1. The Labute approximate surface area is 127 Å². The van der Waals surface area contributed by atoms with Crippen LogP contribution in [0.4, 0.5) is 5.69 Å². The van der Waals surface area contributed by atoms with Crippen molar-refractivity contribution < 1.29 is 4.79 Å². The van der Waals surface area contributed by atoms with E-state index in [1.54, 1.807) is 11.3 Å². The number of nitrogen functional groups attached to an aromatic ring is 1. The Kier molecular flexibility index (Phi) is 4.98. The zero-order chi connectivity index (χ0) is 14.5. The van der Waals surface area contributed by atoms with Gasteiger partial charge in [0.1, 0.15) is 5.15 Å². The molecule has 1 unspecified atom stereocenters. The Morgan fingerprint density at radius 3 is 3.05 bits per heavy atom. The molecule has 0 bridgehead atoms. The number of aromatic nitrogens is 1. The molecule has 2 aromatic rings. The third kappa shape index (κ3) is 3.49. The molecule has 2 heterocycles. The average Bonchev–Trinajstić information content (AvgIpc) is 2.95. The molecular formula is C14H16ClN3OS. The summed E-state index contributed by atoms with van der Waals surface area (Å²) in [6, 6.07) is 5.49. The second-order valence-electron chi connectivity index (χ2n) is 4.42. The van der Waals surface area contributed by atoms with Crippen molar-refractivity contribution in [3.05, 3.63) is 45.4 Å². The van der Waals surface area contributed by atoms with Gasteiger partial charge in [-0.2, -0.15) is 0 Å². The predicted octanol–water partition coefficient (Wildman–Crippen LogP) is 3.65. The molecule has 20 heavy (non-hydrogen) atoms. The first-order chi connectivity index (χ1) is 9.61. The lowest BCUT2D eigenvalue weighted by atomic mass is 10.1. The summed E-state index contributed by atoms with van der Waals surface area (Å²) in [5, 5.41) is 5.27. The molecule has 0 saturated carbocycles. The number of amides is 1. The van der Waals surface area contributed by atoms with E-state index in [1.165, 1.54) is 12.3 Å². The van der Waals surface area contributed by atoms with Crippen LogP contribution in [0.25, 0.3) is 0 Å². The van der Waals surface area contributed by atoms with Crippen LogP contribution in [0.5, 0.6) is 0 Å². The summed E-state index contributed by atoms with van der Waals surface area (Å²) in [6.07, 6.45) is 3.26. The van der Waals surface area contributed by atoms with Crippen LogP contribution in [-0.4, -0.2) is 10.9 Å². The summed E-state index contributed by atoms with van der Waals surface area (Å²) < 4.78 is 0. The van der Waals surface area contributed by atoms with Gasteiger partial charge in [0.05, 0.1) is 23.5 Å². The second-order valence-corrected chi connectivity index (χ2v) is 5.79. The standard InChI is InChI=1S/C14H16ClN3OS/c1-2-4-11(12-5-3-6-20-12)18-14(19)9-7-13(15)17-8-10(9)16/h3,5-8,11H,2,4,16H2,1H3,(H,18,19). The highest BCUT2D eigenvalue weighted by atomic mass is 35.5. The molecule has 0 aliphatic heterocycles. The number of carbonyl (C=O) groups is 1. The third-order valence-electron chi connectivity index (χ3n) is 2.92. The monoisotopic (exact) mass is 309 g/mol. The van der Waals surface area contributed by atoms with Gasteiger partial charge in [0.25, 0.3) is 5.91 Å². The van der Waals surface area contributed by atoms with Gasteiger partial charge in [-0.1, -0.05) is 31.0 Å². The summed E-state index contributed by atoms with van der Waals surface area (Å²) >= 11 is 7.44. The van der Waals surface area contributed by atoms with Crippen LogP contribution in [0.2, 0.25) is 5.15 Å². The Balaban J connectivity index is 2.18. The Hall–Kier alpha value is -1.59. The van der Waals surface area contributed by atoms with Crippen molar-refractivity contribution in [1.29, 1.82) is 0 Å². The highest BCUT2D eigenvalue weighted by Gasteiger charge is 2.18. The maximum absolute atomic E-state index is 12.3. The summed E-state index contributed by atoms with van der Waals surface area (Å²) in [7, 11) is 0. The van der Waals surface area contributed by atoms with Crippen LogP contribution < -0.4 is 11.1 Å². The SMILES string of the molecule is CCCC(NC(=O)c1cc(Cl)ncc1N)c1cccs1. The molecule has 4 nitrogen and oxygen atoms in total. The van der Waals surface area contributed by atoms with Crippen molar-refractivity contribution in [3.63, 3.8) is 0 Å². The minimum atomic E-state index is -0.223. The van der Waals surface area contributed by atoms with Gasteiger partial charge in [0, 0.05) is 4.88 Å². The topological polar surface area (TPSA) is 68.0 Å². The first-order valence-electron chi connectivity index (χ1n) is 6.37. The molecule has 0 radical (unpaired) electrons. The highest BCUT2D eigenvalue weighted by Crippen LogP contribution is 2.24. The smallest absolute Gasteiger partial charge is 0.254 e. The van der Waals surface area contributed by atoms with Crippen LogP contribution in [-0.2, 0) is 0 Å². The van der Waals surface area contributed by atoms with E-state index < -0.39 is 0 Å². The maximum atomic E-state index is 12.3. The number of hydrogen-bond acceptors (Lipinski definition) is 4. The molecule has 1 atom stereocenters. The van der Waals surface area contributed by atoms with E-state index in [0.717, 1.165) is 17.7 Å². The lowest BCUT2D eigenvalue weighted by Crippen LogP contribution is -2.28. The van der Waals surface area contributed by atoms with Crippen LogP contribution in [0.1, 0.15) is 41.0 Å². The average molecular weight is 310 g/mol. The molecular weight excluding hydrogens is 294 g/mol. The Morgan fingerprint density at radius 2 is 2.40 bits per heavy atom. The van der Waals surface area contributed by atoms with E-state index in [1.807, 2.05) is 17.5 Å². The lowest BCUT2D eigenvalue weighted by Gasteiger charge is -2.17. The van der Waals surface area contributed by atoms with E-state index in [-0.39, 0.29) is 17.1 Å². The molecule has 0 spiro atoms. The van der Waals surface area contributed by atoms with Crippen molar-refractivity contribution in [2.24, 2.45) is 0 Å². The van der Waals surface area contributed by atoms with E-state index >= 15 is 0 Å². The number of carbonyl (C=O) groups excluding carboxylic acids is 1. The minimum absolute atomic E-state index is 0.00107. The largest absolute Gasteiger partial charge is 0.397 e.